The summed E-state index contributed by atoms with van der Waals surface area (Å²) < 4.78 is 5.15. The summed E-state index contributed by atoms with van der Waals surface area (Å²) in [5.74, 6) is -0.501. The monoisotopic (exact) mass is 370 g/mol. The molecule has 0 amide bonds. The van der Waals surface area contributed by atoms with E-state index in [1.165, 1.54) is 11.1 Å². The quantitative estimate of drug-likeness (QED) is 0.418. The zero-order valence-electron chi connectivity index (χ0n) is 15.3. The van der Waals surface area contributed by atoms with Crippen LogP contribution in [0.3, 0.4) is 0 Å². The van der Waals surface area contributed by atoms with Crippen LogP contribution in [0.15, 0.2) is 83.0 Å². The van der Waals surface area contributed by atoms with E-state index in [9.17, 15) is 4.79 Å². The van der Waals surface area contributed by atoms with E-state index >= 15 is 0 Å². The van der Waals surface area contributed by atoms with Gasteiger partial charge in [-0.3, -0.25) is 0 Å². The van der Waals surface area contributed by atoms with Gasteiger partial charge in [-0.15, -0.1) is 5.10 Å². The molecule has 3 aromatic rings. The van der Waals surface area contributed by atoms with Crippen LogP contribution in [0.25, 0.3) is 11.1 Å². The van der Waals surface area contributed by atoms with E-state index in [4.69, 9.17) is 9.84 Å². The standard InChI is InChI=1S/C23H18N2O3/c1-15(16-10-12-17(13-11-16)28-14-22(26)27)24-25-23-20-8-4-2-6-18(20)19-7-3-5-9-21(19)23/h2-13H,14H2,1H3,(H,26,27)/b24-15-. The van der Waals surface area contributed by atoms with Crippen LogP contribution in [-0.2, 0) is 4.79 Å². The number of carbonyl (C=O) groups is 1. The van der Waals surface area contributed by atoms with Crippen molar-refractivity contribution in [3.63, 3.8) is 0 Å². The molecule has 0 unspecified atom stereocenters. The molecule has 0 radical (unpaired) electrons. The zero-order valence-corrected chi connectivity index (χ0v) is 15.3. The second-order valence-electron chi connectivity index (χ2n) is 6.43. The average molecular weight is 370 g/mol. The van der Waals surface area contributed by atoms with E-state index in [1.54, 1.807) is 12.1 Å². The number of benzene rings is 3. The molecule has 0 heterocycles. The summed E-state index contributed by atoms with van der Waals surface area (Å²) in [6.07, 6.45) is 0. The topological polar surface area (TPSA) is 71.2 Å². The third-order valence-corrected chi connectivity index (χ3v) is 4.59. The van der Waals surface area contributed by atoms with Crippen LogP contribution in [-0.4, -0.2) is 29.1 Å². The lowest BCUT2D eigenvalue weighted by Gasteiger charge is -2.04. The summed E-state index contributed by atoms with van der Waals surface area (Å²) in [5.41, 5.74) is 7.03. The summed E-state index contributed by atoms with van der Waals surface area (Å²) in [5, 5.41) is 17.7. The van der Waals surface area contributed by atoms with Crippen LogP contribution in [0.4, 0.5) is 0 Å². The lowest BCUT2D eigenvalue weighted by atomic mass is 10.1. The van der Waals surface area contributed by atoms with E-state index in [0.717, 1.165) is 28.1 Å². The summed E-state index contributed by atoms with van der Waals surface area (Å²) >= 11 is 0. The number of fused-ring (bicyclic) bond motifs is 3. The Bertz CT molecular complexity index is 1050. The van der Waals surface area contributed by atoms with Gasteiger partial charge in [0.05, 0.1) is 5.71 Å². The molecule has 0 bridgehead atoms. The fourth-order valence-corrected chi connectivity index (χ4v) is 3.22. The Labute approximate surface area is 162 Å². The predicted octanol–water partition coefficient (Wildman–Crippen LogP) is 4.39. The maximum atomic E-state index is 10.6. The van der Waals surface area contributed by atoms with Crippen molar-refractivity contribution in [3.05, 3.63) is 89.5 Å². The van der Waals surface area contributed by atoms with E-state index in [1.807, 2.05) is 43.3 Å². The molecule has 28 heavy (non-hydrogen) atoms. The highest BCUT2D eigenvalue weighted by atomic mass is 16.5. The second kappa shape index (κ2) is 7.48. The first-order valence-electron chi connectivity index (χ1n) is 8.90. The van der Waals surface area contributed by atoms with Gasteiger partial charge >= 0.3 is 5.97 Å². The first-order valence-corrected chi connectivity index (χ1v) is 8.90. The van der Waals surface area contributed by atoms with Gasteiger partial charge in [-0.25, -0.2) is 4.79 Å². The Morgan fingerprint density at radius 2 is 1.39 bits per heavy atom. The van der Waals surface area contributed by atoms with Gasteiger partial charge < -0.3 is 9.84 Å². The molecular formula is C23H18N2O3. The Morgan fingerprint density at radius 3 is 1.93 bits per heavy atom. The van der Waals surface area contributed by atoms with Crippen molar-refractivity contribution in [2.75, 3.05) is 6.61 Å². The predicted molar refractivity (Wildman–Crippen MR) is 109 cm³/mol. The van der Waals surface area contributed by atoms with E-state index in [2.05, 4.69) is 34.5 Å². The van der Waals surface area contributed by atoms with Crippen LogP contribution < -0.4 is 4.74 Å². The first-order chi connectivity index (χ1) is 13.6. The molecular weight excluding hydrogens is 352 g/mol. The van der Waals surface area contributed by atoms with Gasteiger partial charge in [0.1, 0.15) is 11.5 Å². The van der Waals surface area contributed by atoms with Crippen molar-refractivity contribution in [2.45, 2.75) is 6.92 Å². The van der Waals surface area contributed by atoms with Crippen LogP contribution >= 0.6 is 0 Å². The minimum absolute atomic E-state index is 0.362. The van der Waals surface area contributed by atoms with Crippen LogP contribution in [0.1, 0.15) is 23.6 Å². The highest BCUT2D eigenvalue weighted by molar-refractivity contribution is 6.24. The van der Waals surface area contributed by atoms with Gasteiger partial charge in [-0.1, -0.05) is 48.5 Å². The number of aliphatic carboxylic acids is 1. The molecule has 0 spiro atoms. The lowest BCUT2D eigenvalue weighted by Crippen LogP contribution is -2.09. The Hall–Kier alpha value is -3.73. The number of hydrogen-bond acceptors (Lipinski definition) is 4. The van der Waals surface area contributed by atoms with E-state index in [-0.39, 0.29) is 6.61 Å². The molecule has 0 saturated carbocycles. The molecule has 0 saturated heterocycles. The zero-order chi connectivity index (χ0) is 19.5. The molecule has 138 valence electrons. The Kier molecular flexibility index (Phi) is 4.72. The van der Waals surface area contributed by atoms with Gasteiger partial charge in [-0.05, 0) is 47.9 Å². The maximum absolute atomic E-state index is 10.6. The van der Waals surface area contributed by atoms with Crippen LogP contribution in [0, 0.1) is 0 Å². The minimum Gasteiger partial charge on any atom is -0.482 e. The van der Waals surface area contributed by atoms with E-state index in [0.29, 0.717) is 5.75 Å². The number of ether oxygens (including phenoxy) is 1. The number of rotatable bonds is 5. The molecule has 4 rings (SSSR count). The maximum Gasteiger partial charge on any atom is 0.341 e. The molecule has 1 aliphatic rings. The number of carboxylic acid groups (broad SMARTS) is 1. The fraction of sp³-hybridized carbons (Fsp3) is 0.0870. The minimum atomic E-state index is -1.00. The van der Waals surface area contributed by atoms with Crippen molar-refractivity contribution >= 4 is 17.4 Å². The number of hydrogen-bond donors (Lipinski definition) is 1. The molecule has 1 aliphatic carbocycles. The van der Waals surface area contributed by atoms with Gasteiger partial charge in [0.15, 0.2) is 6.61 Å². The largest absolute Gasteiger partial charge is 0.482 e. The summed E-state index contributed by atoms with van der Waals surface area (Å²) in [4.78, 5) is 10.6. The van der Waals surface area contributed by atoms with Crippen molar-refractivity contribution in [2.24, 2.45) is 10.2 Å². The Balaban J connectivity index is 1.63. The van der Waals surface area contributed by atoms with Crippen molar-refractivity contribution in [1.29, 1.82) is 0 Å². The molecule has 5 heteroatoms. The van der Waals surface area contributed by atoms with Gasteiger partial charge in [-0.2, -0.15) is 5.10 Å². The van der Waals surface area contributed by atoms with Crippen LogP contribution in [0.2, 0.25) is 0 Å². The summed E-state index contributed by atoms with van der Waals surface area (Å²) in [7, 11) is 0. The number of nitrogens with zero attached hydrogens (tertiary/aromatic N) is 2. The van der Waals surface area contributed by atoms with E-state index < -0.39 is 5.97 Å². The number of carboxylic acids is 1. The molecule has 0 aliphatic heterocycles. The van der Waals surface area contributed by atoms with Crippen LogP contribution in [0.5, 0.6) is 5.75 Å². The van der Waals surface area contributed by atoms with Crippen molar-refractivity contribution in [1.82, 2.24) is 0 Å². The van der Waals surface area contributed by atoms with Gasteiger partial charge in [0.2, 0.25) is 0 Å². The first kappa shape index (κ1) is 17.7. The third kappa shape index (κ3) is 3.42. The van der Waals surface area contributed by atoms with Gasteiger partial charge in [0, 0.05) is 11.1 Å². The molecule has 0 aromatic heterocycles. The summed E-state index contributed by atoms with van der Waals surface area (Å²) in [6.45, 7) is 1.53. The smallest absolute Gasteiger partial charge is 0.341 e. The molecule has 1 N–H and O–H groups in total. The van der Waals surface area contributed by atoms with Crippen molar-refractivity contribution in [3.8, 4) is 16.9 Å². The van der Waals surface area contributed by atoms with Crippen molar-refractivity contribution < 1.29 is 14.6 Å². The highest BCUT2D eigenvalue weighted by Crippen LogP contribution is 2.36. The average Bonchev–Trinajstić information content (AvgIpc) is 3.05. The molecule has 3 aromatic carbocycles. The normalized spacial score (nSPS) is 12.3. The third-order valence-electron chi connectivity index (χ3n) is 4.59. The highest BCUT2D eigenvalue weighted by Gasteiger charge is 2.23. The van der Waals surface area contributed by atoms with Gasteiger partial charge in [0.25, 0.3) is 0 Å². The molecule has 0 atom stereocenters. The summed E-state index contributed by atoms with van der Waals surface area (Å²) in [6, 6.07) is 23.5. The SMILES string of the molecule is C/C(=N/N=C1c2ccccc2-c2ccccc21)c1ccc(OCC(=O)O)cc1. The second-order valence-corrected chi connectivity index (χ2v) is 6.43. The Morgan fingerprint density at radius 1 is 0.857 bits per heavy atom. The fourth-order valence-electron chi connectivity index (χ4n) is 3.22. The molecule has 5 nitrogen and oxygen atoms in total. The molecule has 0 fully saturated rings. The lowest BCUT2D eigenvalue weighted by molar-refractivity contribution is -0.139.